The van der Waals surface area contributed by atoms with Crippen molar-refractivity contribution in [1.82, 2.24) is 35.1 Å². The Morgan fingerprint density at radius 3 is 1.59 bits per heavy atom. The molecule has 0 aliphatic rings. The van der Waals surface area contributed by atoms with Crippen LogP contribution < -0.4 is 9.86 Å². The smallest absolute Gasteiger partial charge is 0.338 e. The number of aromatic carboxylic acids is 1. The van der Waals surface area contributed by atoms with E-state index in [4.69, 9.17) is 56.6 Å². The molecule has 21 heteroatoms. The van der Waals surface area contributed by atoms with Crippen LogP contribution in [0.1, 0.15) is 20.7 Å². The Labute approximate surface area is 239 Å². The maximum Gasteiger partial charge on any atom is 0.338 e. The van der Waals surface area contributed by atoms with Crippen LogP contribution >= 0.6 is 46.4 Å². The standard InChI is InChI=1S/C9H6Cl2N4O3S.C6H3Cl2NO2.C3H5N3O2S/c10-6-2-1-5(8(11)13-6)9(16)15-19(17,18)7-3-4-12-14-7;7-4-2-1-3(6(10)11)5(8)9-4;4-9(7,8)3-1-2-5-6-3/h1-4H,(H,12,14)(H,15,16);1-2H,(H,10,11);1-2H,(H,5,6)(H2,4,7,8). The summed E-state index contributed by atoms with van der Waals surface area (Å²) in [5.41, 5.74) is -0.148. The number of carboxylic acids is 1. The van der Waals surface area contributed by atoms with E-state index in [1.165, 1.54) is 48.8 Å². The molecule has 6 N–H and O–H groups in total. The minimum Gasteiger partial charge on any atom is -0.478 e. The lowest BCUT2D eigenvalue weighted by Gasteiger charge is -2.06. The third kappa shape index (κ3) is 9.74. The van der Waals surface area contributed by atoms with Gasteiger partial charge in [0, 0.05) is 0 Å². The second kappa shape index (κ2) is 13.7. The Morgan fingerprint density at radius 2 is 1.23 bits per heavy atom. The van der Waals surface area contributed by atoms with Crippen LogP contribution in [-0.4, -0.2) is 64.2 Å². The molecular formula is C18H14Cl4N8O7S2. The lowest BCUT2D eigenvalue weighted by molar-refractivity contribution is 0.0696. The summed E-state index contributed by atoms with van der Waals surface area (Å²) in [6, 6.07) is 7.77. The molecule has 4 aromatic heterocycles. The summed E-state index contributed by atoms with van der Waals surface area (Å²) >= 11 is 22.2. The van der Waals surface area contributed by atoms with E-state index in [0.717, 1.165) is 0 Å². The van der Waals surface area contributed by atoms with Crippen molar-refractivity contribution < 1.29 is 31.5 Å². The molecule has 0 aliphatic heterocycles. The number of pyridine rings is 2. The van der Waals surface area contributed by atoms with Crippen molar-refractivity contribution >= 4 is 78.3 Å². The minimum atomic E-state index is -4.03. The van der Waals surface area contributed by atoms with E-state index >= 15 is 0 Å². The Morgan fingerprint density at radius 1 is 0.769 bits per heavy atom. The van der Waals surface area contributed by atoms with Gasteiger partial charge in [-0.25, -0.2) is 33.0 Å². The highest BCUT2D eigenvalue weighted by molar-refractivity contribution is 7.90. The van der Waals surface area contributed by atoms with Gasteiger partial charge in [0.15, 0.2) is 10.1 Å². The maximum atomic E-state index is 11.8. The maximum absolute atomic E-state index is 11.8. The molecule has 15 nitrogen and oxygen atoms in total. The molecule has 1 amide bonds. The highest BCUT2D eigenvalue weighted by Gasteiger charge is 2.22. The van der Waals surface area contributed by atoms with Gasteiger partial charge in [-0.2, -0.15) is 18.6 Å². The number of nitrogens with one attached hydrogen (secondary N) is 3. The molecule has 0 spiro atoms. The molecule has 0 aliphatic carbocycles. The van der Waals surface area contributed by atoms with Crippen molar-refractivity contribution in [3.8, 4) is 0 Å². The first-order valence-electron chi connectivity index (χ1n) is 9.58. The van der Waals surface area contributed by atoms with Gasteiger partial charge in [0.2, 0.25) is 0 Å². The molecule has 0 radical (unpaired) electrons. The van der Waals surface area contributed by atoms with Gasteiger partial charge in [-0.05, 0) is 36.4 Å². The van der Waals surface area contributed by atoms with E-state index < -0.39 is 31.9 Å². The van der Waals surface area contributed by atoms with Crippen LogP contribution in [0.15, 0.2) is 58.8 Å². The second-order valence-electron chi connectivity index (χ2n) is 6.57. The normalized spacial score (nSPS) is 10.9. The van der Waals surface area contributed by atoms with Crippen LogP contribution in [0.2, 0.25) is 20.6 Å². The first-order valence-corrected chi connectivity index (χ1v) is 14.1. The minimum absolute atomic E-state index is 0.0453. The summed E-state index contributed by atoms with van der Waals surface area (Å²) in [5, 5.41) is 24.2. The molecule has 0 saturated carbocycles. The average Bonchev–Trinajstić information content (AvgIpc) is 3.54. The zero-order valence-corrected chi connectivity index (χ0v) is 23.4. The van der Waals surface area contributed by atoms with Crippen LogP contribution in [-0.2, 0) is 20.0 Å². The molecule has 4 aromatic rings. The van der Waals surface area contributed by atoms with Gasteiger partial charge in [0.05, 0.1) is 23.5 Å². The van der Waals surface area contributed by atoms with Crippen molar-refractivity contribution in [3.05, 3.63) is 80.5 Å². The molecule has 0 bridgehead atoms. The number of halogens is 4. The monoisotopic (exact) mass is 658 g/mol. The number of aromatic nitrogens is 6. The number of primary sulfonamides is 1. The Balaban J connectivity index is 0.000000226. The third-order valence-electron chi connectivity index (χ3n) is 3.88. The fraction of sp³-hybridized carbons (Fsp3) is 0. The van der Waals surface area contributed by atoms with Crippen molar-refractivity contribution in [3.63, 3.8) is 0 Å². The number of hydrogen-bond acceptors (Lipinski definition) is 10. The number of carboxylic acid groups (broad SMARTS) is 1. The van der Waals surface area contributed by atoms with Crippen LogP contribution in [0.3, 0.4) is 0 Å². The zero-order valence-electron chi connectivity index (χ0n) is 18.7. The van der Waals surface area contributed by atoms with Crippen LogP contribution in [0.25, 0.3) is 0 Å². The van der Waals surface area contributed by atoms with Crippen LogP contribution in [0.4, 0.5) is 0 Å². The highest BCUT2D eigenvalue weighted by atomic mass is 35.5. The van der Waals surface area contributed by atoms with E-state index in [1.54, 1.807) is 0 Å². The van der Waals surface area contributed by atoms with Gasteiger partial charge in [-0.1, -0.05) is 46.4 Å². The van der Waals surface area contributed by atoms with Crippen LogP contribution in [0.5, 0.6) is 0 Å². The fourth-order valence-electron chi connectivity index (χ4n) is 2.18. The molecule has 4 rings (SSSR count). The SMILES string of the molecule is NS(=O)(=O)c1ccn[nH]1.O=C(NS(=O)(=O)c1ccn[nH]1)c1ccc(Cl)nc1Cl.O=C(O)c1ccc(Cl)nc1Cl. The number of nitrogens with two attached hydrogens (primary N) is 1. The van der Waals surface area contributed by atoms with E-state index in [9.17, 15) is 26.4 Å². The molecule has 0 fully saturated rings. The van der Waals surface area contributed by atoms with Gasteiger partial charge < -0.3 is 5.11 Å². The van der Waals surface area contributed by atoms with E-state index in [1.807, 2.05) is 4.72 Å². The fourth-order valence-corrected chi connectivity index (χ4v) is 4.34. The lowest BCUT2D eigenvalue weighted by atomic mass is 10.3. The number of rotatable bonds is 5. The quantitative estimate of drug-likeness (QED) is 0.195. The third-order valence-corrected chi connectivity index (χ3v) is 6.98. The Hall–Kier alpha value is -3.32. The van der Waals surface area contributed by atoms with Crippen molar-refractivity contribution in [2.24, 2.45) is 5.14 Å². The van der Waals surface area contributed by atoms with E-state index in [2.05, 4.69) is 30.4 Å². The van der Waals surface area contributed by atoms with Crippen molar-refractivity contribution in [1.29, 1.82) is 0 Å². The zero-order chi connectivity index (χ0) is 29.4. The Bertz CT molecular complexity index is 1670. The molecule has 0 unspecified atom stereocenters. The van der Waals surface area contributed by atoms with E-state index in [0.29, 0.717) is 0 Å². The number of aromatic amines is 2. The largest absolute Gasteiger partial charge is 0.478 e. The summed E-state index contributed by atoms with van der Waals surface area (Å²) < 4.78 is 46.2. The topological polar surface area (TPSA) is 244 Å². The summed E-state index contributed by atoms with van der Waals surface area (Å²) in [6.45, 7) is 0. The van der Waals surface area contributed by atoms with Gasteiger partial charge >= 0.3 is 5.97 Å². The molecule has 39 heavy (non-hydrogen) atoms. The number of H-pyrrole nitrogens is 2. The van der Waals surface area contributed by atoms with E-state index in [-0.39, 0.29) is 41.8 Å². The predicted octanol–water partition coefficient (Wildman–Crippen LogP) is 2.37. The van der Waals surface area contributed by atoms with Crippen LogP contribution in [0, 0.1) is 0 Å². The molecule has 0 aromatic carbocycles. The number of sulfonamides is 2. The number of amides is 1. The summed E-state index contributed by atoms with van der Waals surface area (Å²) in [7, 11) is -7.61. The molecule has 208 valence electrons. The van der Waals surface area contributed by atoms with Crippen molar-refractivity contribution in [2.45, 2.75) is 10.1 Å². The second-order valence-corrected chi connectivity index (χ2v) is 11.2. The summed E-state index contributed by atoms with van der Waals surface area (Å²) in [4.78, 5) is 29.3. The average molecular weight is 660 g/mol. The summed E-state index contributed by atoms with van der Waals surface area (Å²) in [5.74, 6) is -2.03. The predicted molar refractivity (Wildman–Crippen MR) is 139 cm³/mol. The number of hydrogen-bond donors (Lipinski definition) is 5. The molecule has 0 atom stereocenters. The molecule has 0 saturated heterocycles. The van der Waals surface area contributed by atoms with Gasteiger partial charge in [-0.3, -0.25) is 15.0 Å². The Kier molecular flexibility index (Phi) is 11.2. The van der Waals surface area contributed by atoms with Gasteiger partial charge in [0.1, 0.15) is 20.6 Å². The van der Waals surface area contributed by atoms with Crippen molar-refractivity contribution in [2.75, 3.05) is 0 Å². The van der Waals surface area contributed by atoms with Gasteiger partial charge in [0.25, 0.3) is 26.0 Å². The first-order chi connectivity index (χ1) is 18.1. The number of carbonyl (C=O) groups is 2. The number of carbonyl (C=O) groups excluding carboxylic acids is 1. The number of nitrogens with zero attached hydrogens (tertiary/aromatic N) is 4. The highest BCUT2D eigenvalue weighted by Crippen LogP contribution is 2.17. The summed E-state index contributed by atoms with van der Waals surface area (Å²) in [6.07, 6.45) is 2.57. The lowest BCUT2D eigenvalue weighted by Crippen LogP contribution is -2.31. The molecular weight excluding hydrogens is 646 g/mol. The molecule has 4 heterocycles. The van der Waals surface area contributed by atoms with Gasteiger partial charge in [-0.15, -0.1) is 0 Å². The first kappa shape index (κ1) is 31.9.